The summed E-state index contributed by atoms with van der Waals surface area (Å²) in [6, 6.07) is 0. The van der Waals surface area contributed by atoms with Gasteiger partial charge in [-0.1, -0.05) is 52.0 Å². The second kappa shape index (κ2) is 21.1. The summed E-state index contributed by atoms with van der Waals surface area (Å²) in [6.07, 6.45) is 4.61. The maximum atomic E-state index is 12.8. The Morgan fingerprint density at radius 2 is 1.88 bits per heavy atom. The van der Waals surface area contributed by atoms with Crippen molar-refractivity contribution < 1.29 is 44.2 Å². The number of likely N-dealkylation sites (N-methyl/N-ethyl adjacent to an activating group) is 1. The van der Waals surface area contributed by atoms with Crippen LogP contribution < -0.4 is 5.32 Å². The van der Waals surface area contributed by atoms with Gasteiger partial charge in [0.05, 0.1) is 30.8 Å². The number of piperazine rings is 1. The monoisotopic (exact) mass is 695 g/mol. The number of allylic oxidation sites excluding steroid dienone is 2. The smallest absolute Gasteiger partial charge is 0.407 e. The minimum Gasteiger partial charge on any atom is -0.457 e. The zero-order chi connectivity index (χ0) is 36.7. The fraction of sp³-hybridized carbons (Fsp3) is 0.784. The van der Waals surface area contributed by atoms with E-state index in [9.17, 15) is 30.0 Å². The van der Waals surface area contributed by atoms with Gasteiger partial charge in [-0.2, -0.15) is 0 Å². The van der Waals surface area contributed by atoms with Crippen LogP contribution in [0.3, 0.4) is 0 Å². The first-order valence-electron chi connectivity index (χ1n) is 17.9. The Labute approximate surface area is 294 Å². The number of aliphatic hydroxyl groups excluding tert-OH is 3. The van der Waals surface area contributed by atoms with E-state index in [0.717, 1.165) is 32.6 Å². The molecule has 1 fully saturated rings. The Balaban J connectivity index is 2.14. The molecule has 10 unspecified atom stereocenters. The van der Waals surface area contributed by atoms with Crippen molar-refractivity contribution in [1.29, 1.82) is 0 Å². The Bertz CT molecular complexity index is 1080. The maximum absolute atomic E-state index is 12.8. The Kier molecular flexibility index (Phi) is 18.5. The van der Waals surface area contributed by atoms with Crippen molar-refractivity contribution in [3.05, 3.63) is 36.0 Å². The zero-order valence-electron chi connectivity index (χ0n) is 31.1. The third-order valence-electron chi connectivity index (χ3n) is 9.96. The van der Waals surface area contributed by atoms with E-state index in [2.05, 4.69) is 22.2 Å². The molecule has 2 rings (SSSR count). The Morgan fingerprint density at radius 1 is 1.20 bits per heavy atom. The van der Waals surface area contributed by atoms with Gasteiger partial charge in [0.15, 0.2) is 6.10 Å². The van der Waals surface area contributed by atoms with E-state index in [1.165, 1.54) is 0 Å². The third-order valence-corrected chi connectivity index (χ3v) is 9.96. The van der Waals surface area contributed by atoms with Crippen LogP contribution in [0.25, 0.3) is 0 Å². The lowest BCUT2D eigenvalue weighted by Gasteiger charge is -2.33. The fourth-order valence-corrected chi connectivity index (χ4v) is 6.41. The van der Waals surface area contributed by atoms with Crippen molar-refractivity contribution in [3.63, 3.8) is 0 Å². The summed E-state index contributed by atoms with van der Waals surface area (Å²) in [6.45, 7) is 16.0. The van der Waals surface area contributed by atoms with E-state index in [4.69, 9.17) is 14.2 Å². The number of carbonyl (C=O) groups is 2. The number of nitrogens with zero attached hydrogens (tertiary/aromatic N) is 2. The predicted molar refractivity (Wildman–Crippen MR) is 190 cm³/mol. The minimum absolute atomic E-state index is 0.00596. The fourth-order valence-electron chi connectivity index (χ4n) is 6.41. The van der Waals surface area contributed by atoms with Crippen molar-refractivity contribution >= 4 is 12.1 Å². The number of amides is 1. The molecule has 1 amide bonds. The average Bonchev–Trinajstić information content (AvgIpc) is 3.04. The summed E-state index contributed by atoms with van der Waals surface area (Å²) in [4.78, 5) is 30.2. The Morgan fingerprint density at radius 3 is 2.51 bits per heavy atom. The molecule has 1 saturated heterocycles. The second-order valence-electron chi connectivity index (χ2n) is 14.4. The van der Waals surface area contributed by atoms with Gasteiger partial charge in [-0.15, -0.1) is 0 Å². The first kappa shape index (κ1) is 42.8. The van der Waals surface area contributed by atoms with Gasteiger partial charge in [-0.3, -0.25) is 9.69 Å². The van der Waals surface area contributed by atoms with Gasteiger partial charge in [-0.05, 0) is 64.1 Å². The molecule has 0 aromatic carbocycles. The van der Waals surface area contributed by atoms with Gasteiger partial charge < -0.3 is 44.9 Å². The Hall–Kier alpha value is -2.32. The van der Waals surface area contributed by atoms with Crippen LogP contribution in [0, 0.1) is 17.8 Å². The number of alkyl carbamates (subject to hydrolysis) is 1. The highest BCUT2D eigenvalue weighted by Crippen LogP contribution is 2.27. The van der Waals surface area contributed by atoms with Gasteiger partial charge in [0.25, 0.3) is 0 Å². The van der Waals surface area contributed by atoms with Crippen molar-refractivity contribution in [2.24, 2.45) is 17.8 Å². The molecule has 0 bridgehead atoms. The molecule has 2 aliphatic rings. The molecule has 10 atom stereocenters. The van der Waals surface area contributed by atoms with Crippen molar-refractivity contribution in [2.45, 2.75) is 116 Å². The lowest BCUT2D eigenvalue weighted by atomic mass is 9.88. The lowest BCUT2D eigenvalue weighted by molar-refractivity contribution is -0.151. The summed E-state index contributed by atoms with van der Waals surface area (Å²) < 4.78 is 17.0. The molecular formula is C37H65N3O9. The first-order valence-corrected chi connectivity index (χ1v) is 17.9. The molecule has 5 N–H and O–H groups in total. The van der Waals surface area contributed by atoms with Crippen LogP contribution in [0.5, 0.6) is 0 Å². The number of ether oxygens (including phenoxy) is 3. The molecule has 282 valence electrons. The maximum Gasteiger partial charge on any atom is 0.407 e. The standard InChI is InChI=1S/C37H65N3O9/c1-9-31(47-8)28(5)23-30(42)34(44)25(2)11-10-12-26(3)35-27(4)13-14-32(37(6,46)16-15-29(41)24-33(43)49-35)48-36(45)38-17-18-40-21-19-39(7)20-22-40/h10-14,25,27-32,34-35,41-42,44,46H,9,15-24H2,1-8H3,(H,38,45)/b11-10+,14-13+,26-12+. The van der Waals surface area contributed by atoms with E-state index in [-0.39, 0.29) is 43.1 Å². The van der Waals surface area contributed by atoms with Crippen LogP contribution in [0.2, 0.25) is 0 Å². The van der Waals surface area contributed by atoms with Crippen LogP contribution in [-0.4, -0.2) is 138 Å². The van der Waals surface area contributed by atoms with E-state index < -0.39 is 48.2 Å². The molecule has 12 heteroatoms. The summed E-state index contributed by atoms with van der Waals surface area (Å²) in [5, 5.41) is 46.2. The lowest BCUT2D eigenvalue weighted by Crippen LogP contribution is -2.48. The number of methoxy groups -OCH3 is 1. The first-order chi connectivity index (χ1) is 23.1. The number of cyclic esters (lactones) is 1. The normalized spacial score (nSPS) is 30.7. The molecule has 2 heterocycles. The van der Waals surface area contributed by atoms with Crippen LogP contribution >= 0.6 is 0 Å². The minimum atomic E-state index is -1.50. The highest BCUT2D eigenvalue weighted by atomic mass is 16.6. The molecule has 12 nitrogen and oxygen atoms in total. The van der Waals surface area contributed by atoms with Crippen LogP contribution in [0.15, 0.2) is 36.0 Å². The summed E-state index contributed by atoms with van der Waals surface area (Å²) in [5.74, 6) is -1.22. The van der Waals surface area contributed by atoms with Crippen LogP contribution in [0.1, 0.15) is 73.6 Å². The number of esters is 1. The molecule has 0 radical (unpaired) electrons. The molecule has 0 aromatic heterocycles. The SMILES string of the molecule is CCC(OC)C(C)CC(O)C(O)C(C)/C=C/C=C(\C)C1OC(=O)CC(O)CCC(C)(O)C(OC(=O)NCCN2CCN(C)CC2)/C=C/C1C. The number of aliphatic hydroxyl groups is 4. The van der Waals surface area contributed by atoms with Crippen molar-refractivity contribution in [3.8, 4) is 0 Å². The predicted octanol–water partition coefficient (Wildman–Crippen LogP) is 3.04. The van der Waals surface area contributed by atoms with Crippen LogP contribution in [0.4, 0.5) is 4.79 Å². The zero-order valence-corrected chi connectivity index (χ0v) is 31.1. The van der Waals surface area contributed by atoms with Gasteiger partial charge in [0, 0.05) is 58.2 Å². The summed E-state index contributed by atoms with van der Waals surface area (Å²) in [7, 11) is 3.74. The van der Waals surface area contributed by atoms with Gasteiger partial charge >= 0.3 is 12.1 Å². The second-order valence-corrected chi connectivity index (χ2v) is 14.4. The molecule has 0 spiro atoms. The summed E-state index contributed by atoms with van der Waals surface area (Å²) >= 11 is 0. The molecular weight excluding hydrogens is 630 g/mol. The average molecular weight is 696 g/mol. The molecule has 0 aliphatic carbocycles. The van der Waals surface area contributed by atoms with Crippen molar-refractivity contribution in [1.82, 2.24) is 15.1 Å². The highest BCUT2D eigenvalue weighted by Gasteiger charge is 2.35. The third kappa shape index (κ3) is 14.8. The van der Waals surface area contributed by atoms with E-state index in [0.29, 0.717) is 25.1 Å². The largest absolute Gasteiger partial charge is 0.457 e. The molecule has 49 heavy (non-hydrogen) atoms. The number of rotatable bonds is 14. The molecule has 0 saturated carbocycles. The highest BCUT2D eigenvalue weighted by molar-refractivity contribution is 5.70. The van der Waals surface area contributed by atoms with Crippen molar-refractivity contribution in [2.75, 3.05) is 53.4 Å². The topological polar surface area (TPSA) is 161 Å². The number of hydrogen-bond donors (Lipinski definition) is 5. The van der Waals surface area contributed by atoms with E-state index in [1.807, 2.05) is 34.6 Å². The molecule has 0 aromatic rings. The van der Waals surface area contributed by atoms with E-state index >= 15 is 0 Å². The van der Waals surface area contributed by atoms with Gasteiger partial charge in [-0.25, -0.2) is 4.79 Å². The van der Waals surface area contributed by atoms with E-state index in [1.54, 1.807) is 44.4 Å². The van der Waals surface area contributed by atoms with Crippen LogP contribution in [-0.2, 0) is 19.0 Å². The summed E-state index contributed by atoms with van der Waals surface area (Å²) in [5.41, 5.74) is -0.792. The quantitative estimate of drug-likeness (QED) is 0.103. The number of nitrogens with one attached hydrogen (secondary N) is 1. The number of hydrogen-bond acceptors (Lipinski definition) is 11. The molecule has 2 aliphatic heterocycles. The van der Waals surface area contributed by atoms with Gasteiger partial charge in [0.2, 0.25) is 0 Å². The number of carbonyl (C=O) groups excluding carboxylic acids is 2. The van der Waals surface area contributed by atoms with Gasteiger partial charge in [0.1, 0.15) is 11.7 Å².